The van der Waals surface area contributed by atoms with E-state index in [4.69, 9.17) is 9.84 Å². The Morgan fingerprint density at radius 3 is 2.53 bits per heavy atom. The molecule has 0 aliphatic carbocycles. The van der Waals surface area contributed by atoms with Crippen molar-refractivity contribution in [3.63, 3.8) is 0 Å². The summed E-state index contributed by atoms with van der Waals surface area (Å²) in [6, 6.07) is -0.313. The lowest BCUT2D eigenvalue weighted by Gasteiger charge is -2.31. The monoisotopic (exact) mass is 216 g/mol. The summed E-state index contributed by atoms with van der Waals surface area (Å²) in [7, 11) is 1.66. The Labute approximate surface area is 88.2 Å². The van der Waals surface area contributed by atoms with E-state index >= 15 is 0 Å². The van der Waals surface area contributed by atoms with Crippen LogP contribution in [0.2, 0.25) is 0 Å². The lowest BCUT2D eigenvalue weighted by Crippen LogP contribution is -2.46. The number of nitrogens with zero attached hydrogens (tertiary/aromatic N) is 1. The van der Waals surface area contributed by atoms with Gasteiger partial charge >= 0.3 is 12.0 Å². The molecule has 1 aliphatic heterocycles. The minimum Gasteiger partial charge on any atom is -0.480 e. The molecular weight excluding hydrogens is 200 g/mol. The van der Waals surface area contributed by atoms with Crippen molar-refractivity contribution < 1.29 is 19.4 Å². The molecule has 1 saturated heterocycles. The maximum absolute atomic E-state index is 11.4. The number of methoxy groups -OCH3 is 1. The van der Waals surface area contributed by atoms with E-state index in [0.29, 0.717) is 13.1 Å². The van der Waals surface area contributed by atoms with Crippen LogP contribution < -0.4 is 5.32 Å². The quantitative estimate of drug-likeness (QED) is 0.690. The molecule has 0 bridgehead atoms. The van der Waals surface area contributed by atoms with Crippen LogP contribution in [0.25, 0.3) is 0 Å². The highest BCUT2D eigenvalue weighted by Gasteiger charge is 2.22. The van der Waals surface area contributed by atoms with Gasteiger partial charge in [-0.25, -0.2) is 4.79 Å². The number of carbonyl (C=O) groups is 2. The molecule has 15 heavy (non-hydrogen) atoms. The van der Waals surface area contributed by atoms with Gasteiger partial charge in [-0.1, -0.05) is 0 Å². The molecule has 1 aliphatic rings. The first-order chi connectivity index (χ1) is 7.13. The smallest absolute Gasteiger partial charge is 0.323 e. The number of likely N-dealkylation sites (tertiary alicyclic amines) is 1. The van der Waals surface area contributed by atoms with Crippen LogP contribution >= 0.6 is 0 Å². The fraction of sp³-hybridized carbons (Fsp3) is 0.778. The number of nitrogens with one attached hydrogen (secondary N) is 1. The van der Waals surface area contributed by atoms with Crippen molar-refractivity contribution in [2.75, 3.05) is 26.7 Å². The van der Waals surface area contributed by atoms with Crippen molar-refractivity contribution in [3.05, 3.63) is 0 Å². The molecule has 86 valence electrons. The summed E-state index contributed by atoms with van der Waals surface area (Å²) in [6.45, 7) is 0.900. The molecule has 1 fully saturated rings. The highest BCUT2D eigenvalue weighted by molar-refractivity contribution is 5.79. The fourth-order valence-corrected chi connectivity index (χ4v) is 1.56. The van der Waals surface area contributed by atoms with Crippen LogP contribution in [-0.4, -0.2) is 54.9 Å². The van der Waals surface area contributed by atoms with Crippen LogP contribution in [0.1, 0.15) is 12.8 Å². The van der Waals surface area contributed by atoms with Crippen LogP contribution in [0.4, 0.5) is 4.79 Å². The van der Waals surface area contributed by atoms with Crippen LogP contribution in [0, 0.1) is 0 Å². The predicted molar refractivity (Wildman–Crippen MR) is 52.6 cm³/mol. The van der Waals surface area contributed by atoms with E-state index in [-0.39, 0.29) is 18.7 Å². The first-order valence-electron chi connectivity index (χ1n) is 4.91. The van der Waals surface area contributed by atoms with E-state index in [2.05, 4.69) is 5.32 Å². The van der Waals surface area contributed by atoms with E-state index in [1.54, 1.807) is 12.0 Å². The third kappa shape index (κ3) is 3.75. The summed E-state index contributed by atoms with van der Waals surface area (Å²) in [5.74, 6) is -1.03. The second-order valence-electron chi connectivity index (χ2n) is 3.47. The standard InChI is InChI=1S/C9H16N2O4/c1-15-7-2-4-11(5-3-7)9(14)10-6-8(12)13/h7H,2-6H2,1H3,(H,10,14)(H,12,13). The molecule has 0 atom stereocenters. The first-order valence-corrected chi connectivity index (χ1v) is 4.91. The Kier molecular flexibility index (Phi) is 4.36. The molecule has 0 radical (unpaired) electrons. The Hall–Kier alpha value is -1.30. The Balaban J connectivity index is 2.27. The second kappa shape index (κ2) is 5.55. The fourth-order valence-electron chi connectivity index (χ4n) is 1.56. The van der Waals surface area contributed by atoms with E-state index < -0.39 is 5.97 Å². The zero-order valence-corrected chi connectivity index (χ0v) is 8.73. The minimum absolute atomic E-state index is 0.216. The zero-order chi connectivity index (χ0) is 11.3. The minimum atomic E-state index is -1.03. The van der Waals surface area contributed by atoms with Gasteiger partial charge in [0.1, 0.15) is 6.54 Å². The molecule has 0 unspecified atom stereocenters. The van der Waals surface area contributed by atoms with Gasteiger partial charge in [-0.2, -0.15) is 0 Å². The summed E-state index contributed by atoms with van der Waals surface area (Å²) in [5, 5.41) is 10.7. The molecule has 0 saturated carbocycles. The molecule has 2 N–H and O–H groups in total. The summed E-state index contributed by atoms with van der Waals surface area (Å²) in [6.07, 6.45) is 1.82. The van der Waals surface area contributed by atoms with Crippen LogP contribution in [0.15, 0.2) is 0 Å². The number of carboxylic acid groups (broad SMARTS) is 1. The number of urea groups is 1. The van der Waals surface area contributed by atoms with Crippen molar-refractivity contribution in [2.45, 2.75) is 18.9 Å². The summed E-state index contributed by atoms with van der Waals surface area (Å²) < 4.78 is 5.16. The van der Waals surface area contributed by atoms with Crippen molar-refractivity contribution >= 4 is 12.0 Å². The van der Waals surface area contributed by atoms with Gasteiger partial charge in [-0.3, -0.25) is 4.79 Å². The summed E-state index contributed by atoms with van der Waals surface area (Å²) in [4.78, 5) is 23.2. The van der Waals surface area contributed by atoms with Gasteiger partial charge in [0.15, 0.2) is 0 Å². The third-order valence-corrected chi connectivity index (χ3v) is 2.45. The number of ether oxygens (including phenoxy) is 1. The summed E-state index contributed by atoms with van der Waals surface area (Å²) >= 11 is 0. The molecule has 6 nitrogen and oxygen atoms in total. The normalized spacial score (nSPS) is 17.5. The number of carboxylic acids is 1. The molecule has 0 spiro atoms. The van der Waals surface area contributed by atoms with Gasteiger partial charge in [0.25, 0.3) is 0 Å². The SMILES string of the molecule is COC1CCN(C(=O)NCC(=O)O)CC1. The summed E-state index contributed by atoms with van der Waals surface area (Å²) in [5.41, 5.74) is 0. The number of aliphatic carboxylic acids is 1. The van der Waals surface area contributed by atoms with Crippen molar-refractivity contribution in [2.24, 2.45) is 0 Å². The molecule has 0 aromatic heterocycles. The van der Waals surface area contributed by atoms with E-state index in [0.717, 1.165) is 12.8 Å². The van der Waals surface area contributed by atoms with E-state index in [1.165, 1.54) is 0 Å². The van der Waals surface area contributed by atoms with Gasteiger partial charge in [0.2, 0.25) is 0 Å². The third-order valence-electron chi connectivity index (χ3n) is 2.45. The lowest BCUT2D eigenvalue weighted by atomic mass is 10.1. The van der Waals surface area contributed by atoms with Gasteiger partial charge in [-0.05, 0) is 12.8 Å². The molecule has 0 aromatic rings. The molecule has 6 heteroatoms. The van der Waals surface area contributed by atoms with E-state index in [9.17, 15) is 9.59 Å². The van der Waals surface area contributed by atoms with Crippen LogP contribution in [0.5, 0.6) is 0 Å². The highest BCUT2D eigenvalue weighted by atomic mass is 16.5. The van der Waals surface area contributed by atoms with Gasteiger partial charge in [-0.15, -0.1) is 0 Å². The Bertz CT molecular complexity index is 236. The van der Waals surface area contributed by atoms with Gasteiger partial charge in [0, 0.05) is 20.2 Å². The predicted octanol–water partition coefficient (Wildman–Crippen LogP) is -0.109. The van der Waals surface area contributed by atoms with Crippen molar-refractivity contribution in [3.8, 4) is 0 Å². The maximum Gasteiger partial charge on any atom is 0.323 e. The molecule has 1 heterocycles. The number of piperidine rings is 1. The average Bonchev–Trinajstić information content (AvgIpc) is 2.26. The average molecular weight is 216 g/mol. The number of hydrogen-bond acceptors (Lipinski definition) is 3. The number of amides is 2. The lowest BCUT2D eigenvalue weighted by molar-refractivity contribution is -0.135. The number of hydrogen-bond donors (Lipinski definition) is 2. The van der Waals surface area contributed by atoms with Gasteiger partial charge < -0.3 is 20.1 Å². The zero-order valence-electron chi connectivity index (χ0n) is 8.73. The molecule has 1 rings (SSSR count). The number of rotatable bonds is 3. The molecular formula is C9H16N2O4. The first kappa shape index (κ1) is 11.8. The van der Waals surface area contributed by atoms with Gasteiger partial charge in [0.05, 0.1) is 6.10 Å². The molecule has 0 aromatic carbocycles. The Morgan fingerprint density at radius 1 is 1.47 bits per heavy atom. The largest absolute Gasteiger partial charge is 0.480 e. The van der Waals surface area contributed by atoms with E-state index in [1.807, 2.05) is 0 Å². The van der Waals surface area contributed by atoms with Crippen molar-refractivity contribution in [1.29, 1.82) is 0 Å². The van der Waals surface area contributed by atoms with Crippen LogP contribution in [-0.2, 0) is 9.53 Å². The Morgan fingerprint density at radius 2 is 2.07 bits per heavy atom. The maximum atomic E-state index is 11.4. The molecule has 2 amide bonds. The number of carbonyl (C=O) groups excluding carboxylic acids is 1. The topological polar surface area (TPSA) is 78.9 Å². The van der Waals surface area contributed by atoms with Crippen molar-refractivity contribution in [1.82, 2.24) is 10.2 Å². The van der Waals surface area contributed by atoms with Crippen LogP contribution in [0.3, 0.4) is 0 Å². The highest BCUT2D eigenvalue weighted by Crippen LogP contribution is 2.12. The second-order valence-corrected chi connectivity index (χ2v) is 3.47.